The summed E-state index contributed by atoms with van der Waals surface area (Å²) in [5.74, 6) is 0.382. The molecule has 0 saturated carbocycles. The largest absolute Gasteiger partial charge is 0.308 e. The van der Waals surface area contributed by atoms with Crippen molar-refractivity contribution in [3.63, 3.8) is 0 Å². The summed E-state index contributed by atoms with van der Waals surface area (Å²) in [7, 11) is 3.67. The Balaban J connectivity index is 3.14. The van der Waals surface area contributed by atoms with Gasteiger partial charge in [-0.3, -0.25) is 0 Å². The predicted octanol–water partition coefficient (Wildman–Crippen LogP) is 0.787. The van der Waals surface area contributed by atoms with Crippen LogP contribution in [0.3, 0.4) is 0 Å². The average molecular weight is 110 g/mol. The summed E-state index contributed by atoms with van der Waals surface area (Å²) in [6.07, 6.45) is 0. The number of alkyl halides is 1. The minimum Gasteiger partial charge on any atom is -0.308 e. The Morgan fingerprint density at radius 2 is 2.33 bits per heavy atom. The number of hydrogen-bond acceptors (Lipinski definition) is 1. The second-order valence-corrected chi connectivity index (χ2v) is 1.61. The number of nitrogens with zero attached hydrogens (tertiary/aromatic N) is 1. The molecule has 0 spiro atoms. The second-order valence-electron chi connectivity index (χ2n) is 1.30. The third-order valence-corrected chi connectivity index (χ3v) is 0.572. The van der Waals surface area contributed by atoms with Crippen molar-refractivity contribution >= 4 is 11.6 Å². The number of halogens is 1. The summed E-state index contributed by atoms with van der Waals surface area (Å²) in [5, 5.41) is 0. The van der Waals surface area contributed by atoms with Crippen molar-refractivity contribution in [1.29, 1.82) is 0 Å². The van der Waals surface area contributed by atoms with Crippen LogP contribution < -0.4 is 0 Å². The van der Waals surface area contributed by atoms with Gasteiger partial charge >= 0.3 is 0 Å². The third kappa shape index (κ3) is 4.25. The lowest BCUT2D eigenvalue weighted by molar-refractivity contribution is 0.436. The Morgan fingerprint density at radius 3 is 2.33 bits per heavy atom. The third-order valence-electron chi connectivity index (χ3n) is 0.434. The van der Waals surface area contributed by atoms with Gasteiger partial charge in [-0.1, -0.05) is 0 Å². The summed E-state index contributed by atoms with van der Waals surface area (Å²) in [4.78, 5) is 1.76. The van der Waals surface area contributed by atoms with Gasteiger partial charge in [0, 0.05) is 13.8 Å². The fourth-order valence-corrected chi connectivity index (χ4v) is 0.414. The van der Waals surface area contributed by atoms with Crippen molar-refractivity contribution in [2.75, 3.05) is 26.5 Å². The predicted molar refractivity (Wildman–Crippen MR) is 29.3 cm³/mol. The molecular weight excluding hydrogens is 97.5 g/mol. The van der Waals surface area contributed by atoms with E-state index in [0.717, 1.165) is 0 Å². The van der Waals surface area contributed by atoms with E-state index in [9.17, 15) is 0 Å². The smallest absolute Gasteiger partial charge is 0.0443 e. The SMILES string of the molecule is [3H]C(CCl)N(C)C. The summed E-state index contributed by atoms with van der Waals surface area (Å²) < 4.78 is 7.07. The zero-order valence-corrected chi connectivity index (χ0v) is 4.87. The fraction of sp³-hybridized carbons (Fsp3) is 1.00. The van der Waals surface area contributed by atoms with Gasteiger partial charge < -0.3 is 4.90 Å². The number of hydrogen-bond donors (Lipinski definition) is 0. The maximum absolute atomic E-state index is 7.07. The molecule has 1 nitrogen and oxygen atoms in total. The molecule has 6 heavy (non-hydrogen) atoms. The molecule has 38 valence electrons. The van der Waals surface area contributed by atoms with Crippen LogP contribution in [0.2, 0.25) is 0 Å². The van der Waals surface area contributed by atoms with Gasteiger partial charge in [0.1, 0.15) is 0 Å². The first-order valence-electron chi connectivity index (χ1n) is 2.41. The van der Waals surface area contributed by atoms with Crippen molar-refractivity contribution in [1.82, 2.24) is 4.90 Å². The lowest BCUT2D eigenvalue weighted by atomic mass is 10.7. The van der Waals surface area contributed by atoms with Crippen LogP contribution in [0.15, 0.2) is 0 Å². The van der Waals surface area contributed by atoms with Crippen LogP contribution in [-0.4, -0.2) is 31.4 Å². The summed E-state index contributed by atoms with van der Waals surface area (Å²) in [6.45, 7) is -0.248. The Labute approximate surface area is 45.3 Å². The van der Waals surface area contributed by atoms with Crippen molar-refractivity contribution in [2.45, 2.75) is 0 Å². The Hall–Kier alpha value is 0.250. The summed E-state index contributed by atoms with van der Waals surface area (Å²) >= 11 is 5.32. The van der Waals surface area contributed by atoms with E-state index < -0.39 is 0 Å². The van der Waals surface area contributed by atoms with Gasteiger partial charge in [-0.15, -0.1) is 11.6 Å². The van der Waals surface area contributed by atoms with E-state index in [1.165, 1.54) is 0 Å². The minimum atomic E-state index is -0.248. The van der Waals surface area contributed by atoms with E-state index in [1.807, 2.05) is 14.1 Å². The van der Waals surface area contributed by atoms with Gasteiger partial charge in [-0.25, -0.2) is 0 Å². The molecule has 1 atom stereocenters. The van der Waals surface area contributed by atoms with Gasteiger partial charge in [0.2, 0.25) is 0 Å². The molecule has 0 aliphatic heterocycles. The molecule has 2 heteroatoms. The first-order chi connectivity index (χ1) is 3.18. The van der Waals surface area contributed by atoms with Crippen molar-refractivity contribution in [3.8, 4) is 0 Å². The van der Waals surface area contributed by atoms with Gasteiger partial charge in [-0.05, 0) is 14.1 Å². The maximum Gasteiger partial charge on any atom is 0.0443 e. The second kappa shape index (κ2) is 3.44. The van der Waals surface area contributed by atoms with E-state index in [1.54, 1.807) is 4.90 Å². The molecular formula is C4H10ClN. The fourth-order valence-electron chi connectivity index (χ4n) is 0.138. The topological polar surface area (TPSA) is 3.24 Å². The van der Waals surface area contributed by atoms with Crippen molar-refractivity contribution in [3.05, 3.63) is 0 Å². The Bertz CT molecular complexity index is 49.0. The summed E-state index contributed by atoms with van der Waals surface area (Å²) in [6, 6.07) is 0. The first-order valence-corrected chi connectivity index (χ1v) is 2.36. The lowest BCUT2D eigenvalue weighted by Crippen LogP contribution is -2.13. The molecule has 0 aliphatic carbocycles. The van der Waals surface area contributed by atoms with E-state index in [-0.39, 0.29) is 6.52 Å². The molecule has 0 saturated heterocycles. The normalized spacial score (nSPS) is 17.7. The molecule has 0 aromatic rings. The van der Waals surface area contributed by atoms with E-state index >= 15 is 0 Å². The highest BCUT2D eigenvalue weighted by Crippen LogP contribution is 1.75. The van der Waals surface area contributed by atoms with E-state index in [0.29, 0.717) is 5.88 Å². The maximum atomic E-state index is 7.07. The highest BCUT2D eigenvalue weighted by Gasteiger charge is 1.81. The van der Waals surface area contributed by atoms with Crippen LogP contribution in [0, 0.1) is 0 Å². The van der Waals surface area contributed by atoms with Gasteiger partial charge in [0.25, 0.3) is 0 Å². The molecule has 0 aliphatic rings. The van der Waals surface area contributed by atoms with E-state index in [2.05, 4.69) is 0 Å². The van der Waals surface area contributed by atoms with Crippen molar-refractivity contribution < 1.29 is 1.37 Å². The quantitative estimate of drug-likeness (QED) is 0.474. The zero-order valence-electron chi connectivity index (χ0n) is 5.11. The highest BCUT2D eigenvalue weighted by atomic mass is 35.5. The van der Waals surface area contributed by atoms with Crippen LogP contribution in [0.1, 0.15) is 1.37 Å². The lowest BCUT2D eigenvalue weighted by Gasteiger charge is -2.02. The summed E-state index contributed by atoms with van der Waals surface area (Å²) in [5.41, 5.74) is 0. The molecule has 0 rings (SSSR count). The molecule has 0 heterocycles. The van der Waals surface area contributed by atoms with Gasteiger partial charge in [-0.2, -0.15) is 0 Å². The molecule has 0 amide bonds. The molecule has 0 radical (unpaired) electrons. The van der Waals surface area contributed by atoms with Crippen LogP contribution in [0.5, 0.6) is 0 Å². The average Bonchev–Trinajstić information content (AvgIpc) is 1.65. The monoisotopic (exact) mass is 109 g/mol. The Morgan fingerprint density at radius 1 is 1.83 bits per heavy atom. The molecule has 0 aromatic heterocycles. The van der Waals surface area contributed by atoms with Gasteiger partial charge in [0.05, 0.1) is 0 Å². The van der Waals surface area contributed by atoms with Crippen LogP contribution in [-0.2, 0) is 0 Å². The van der Waals surface area contributed by atoms with E-state index in [4.69, 9.17) is 13.0 Å². The standard InChI is InChI=1S/C4H10ClN/c1-6(2)4-3-5/h3-4H2,1-2H3/i4T. The molecule has 1 unspecified atom stereocenters. The van der Waals surface area contributed by atoms with Crippen LogP contribution in [0.25, 0.3) is 0 Å². The highest BCUT2D eigenvalue weighted by molar-refractivity contribution is 6.18. The van der Waals surface area contributed by atoms with Crippen LogP contribution in [0.4, 0.5) is 0 Å². The first kappa shape index (κ1) is 4.41. The molecule has 0 aromatic carbocycles. The van der Waals surface area contributed by atoms with Crippen LogP contribution >= 0.6 is 11.6 Å². The van der Waals surface area contributed by atoms with Crippen molar-refractivity contribution in [2.24, 2.45) is 0 Å². The molecule has 0 N–H and O–H groups in total. The minimum absolute atomic E-state index is 0.248. The molecule has 0 fully saturated rings. The zero-order chi connectivity index (χ0) is 5.86. The van der Waals surface area contributed by atoms with Gasteiger partial charge in [0.15, 0.2) is 0 Å². The number of rotatable bonds is 2. The Kier molecular flexibility index (Phi) is 2.53. The molecule has 0 bridgehead atoms.